The summed E-state index contributed by atoms with van der Waals surface area (Å²) in [5.41, 5.74) is 7.98. The minimum Gasteiger partial charge on any atom is -0.493 e. The summed E-state index contributed by atoms with van der Waals surface area (Å²) in [7, 11) is 1.69. The molecule has 5 rings (SSSR count). The summed E-state index contributed by atoms with van der Waals surface area (Å²) in [5, 5.41) is 11.8. The Bertz CT molecular complexity index is 1320. The lowest BCUT2D eigenvalue weighted by atomic mass is 9.92. The third-order valence-corrected chi connectivity index (χ3v) is 6.36. The van der Waals surface area contributed by atoms with Crippen LogP contribution in [0.2, 0.25) is 0 Å². The smallest absolute Gasteiger partial charge is 0.161 e. The minimum absolute atomic E-state index is 0.106. The van der Waals surface area contributed by atoms with E-state index in [0.717, 1.165) is 41.3 Å². The molecule has 0 saturated carbocycles. The van der Waals surface area contributed by atoms with Crippen LogP contribution in [-0.4, -0.2) is 23.9 Å². The fourth-order valence-corrected chi connectivity index (χ4v) is 4.45. The lowest BCUT2D eigenvalue weighted by molar-refractivity contribution is 0.283. The maximum atomic E-state index is 6.14. The molecule has 5 heteroatoms. The number of hydrogen-bond acceptors (Lipinski definition) is 5. The molecule has 1 aromatic heterocycles. The predicted molar refractivity (Wildman–Crippen MR) is 139 cm³/mol. The Labute approximate surface area is 206 Å². The highest BCUT2D eigenvalue weighted by atomic mass is 16.5. The number of aromatic nitrogens is 2. The summed E-state index contributed by atoms with van der Waals surface area (Å²) < 4.78 is 11.8. The Kier molecular flexibility index (Phi) is 6.87. The van der Waals surface area contributed by atoms with E-state index >= 15 is 0 Å². The van der Waals surface area contributed by atoms with Gasteiger partial charge in [0, 0.05) is 18.3 Å². The molecular weight excluding hydrogens is 434 g/mol. The summed E-state index contributed by atoms with van der Waals surface area (Å²) in [5.74, 6) is 1.54. The molecule has 1 unspecified atom stereocenters. The second kappa shape index (κ2) is 10.5. The molecule has 1 atom stereocenters. The zero-order valence-corrected chi connectivity index (χ0v) is 20.1. The van der Waals surface area contributed by atoms with Crippen LogP contribution in [0.25, 0.3) is 17.3 Å². The van der Waals surface area contributed by atoms with Gasteiger partial charge in [-0.05, 0) is 71.5 Å². The molecule has 1 aliphatic rings. The van der Waals surface area contributed by atoms with E-state index < -0.39 is 0 Å². The van der Waals surface area contributed by atoms with Gasteiger partial charge in [-0.2, -0.15) is 10.2 Å². The van der Waals surface area contributed by atoms with Crippen LogP contribution >= 0.6 is 0 Å². The summed E-state index contributed by atoms with van der Waals surface area (Å²) in [6, 6.07) is 24.8. The summed E-state index contributed by atoms with van der Waals surface area (Å²) in [6.45, 7) is 3.56. The second-order valence-electron chi connectivity index (χ2n) is 8.70. The van der Waals surface area contributed by atoms with Crippen LogP contribution < -0.4 is 14.8 Å². The SMILES string of the molecule is COc1cc2c(cc1OCc1ccccc1)CCNC2/C=C/c1ccc(-c2cccnn2)cc1C. The van der Waals surface area contributed by atoms with E-state index in [4.69, 9.17) is 9.47 Å². The molecule has 0 fully saturated rings. The van der Waals surface area contributed by atoms with Crippen molar-refractivity contribution in [3.05, 3.63) is 113 Å². The van der Waals surface area contributed by atoms with Crippen molar-refractivity contribution < 1.29 is 9.47 Å². The molecule has 1 N–H and O–H groups in total. The van der Waals surface area contributed by atoms with Crippen molar-refractivity contribution in [2.45, 2.75) is 26.0 Å². The van der Waals surface area contributed by atoms with Crippen LogP contribution in [0.3, 0.4) is 0 Å². The van der Waals surface area contributed by atoms with Crippen molar-refractivity contribution >= 4 is 6.08 Å². The molecule has 3 aromatic carbocycles. The molecule has 0 radical (unpaired) electrons. The van der Waals surface area contributed by atoms with Gasteiger partial charge in [0.15, 0.2) is 11.5 Å². The van der Waals surface area contributed by atoms with E-state index in [1.807, 2.05) is 30.3 Å². The Morgan fingerprint density at radius 2 is 1.89 bits per heavy atom. The largest absolute Gasteiger partial charge is 0.493 e. The van der Waals surface area contributed by atoms with Crippen molar-refractivity contribution in [1.29, 1.82) is 0 Å². The summed E-state index contributed by atoms with van der Waals surface area (Å²) >= 11 is 0. The van der Waals surface area contributed by atoms with Crippen molar-refractivity contribution in [3.63, 3.8) is 0 Å². The van der Waals surface area contributed by atoms with E-state index in [1.165, 1.54) is 22.3 Å². The van der Waals surface area contributed by atoms with Crippen LogP contribution in [0.15, 0.2) is 85.1 Å². The molecule has 0 spiro atoms. The fourth-order valence-electron chi connectivity index (χ4n) is 4.45. The van der Waals surface area contributed by atoms with Crippen LogP contribution in [0.4, 0.5) is 0 Å². The lowest BCUT2D eigenvalue weighted by Gasteiger charge is -2.26. The van der Waals surface area contributed by atoms with Crippen LogP contribution in [0.5, 0.6) is 11.5 Å². The fraction of sp³-hybridized carbons (Fsp3) is 0.200. The number of ether oxygens (including phenoxy) is 2. The highest BCUT2D eigenvalue weighted by Gasteiger charge is 2.21. The van der Waals surface area contributed by atoms with Crippen LogP contribution in [0, 0.1) is 6.92 Å². The Balaban J connectivity index is 1.36. The van der Waals surface area contributed by atoms with Gasteiger partial charge in [-0.1, -0.05) is 54.6 Å². The summed E-state index contributed by atoms with van der Waals surface area (Å²) in [4.78, 5) is 0. The van der Waals surface area contributed by atoms with Gasteiger partial charge in [-0.25, -0.2) is 0 Å². The van der Waals surface area contributed by atoms with Gasteiger partial charge in [0.2, 0.25) is 0 Å². The Morgan fingerprint density at radius 3 is 2.66 bits per heavy atom. The van der Waals surface area contributed by atoms with Crippen molar-refractivity contribution in [3.8, 4) is 22.8 Å². The van der Waals surface area contributed by atoms with Crippen LogP contribution in [0.1, 0.15) is 33.9 Å². The maximum absolute atomic E-state index is 6.14. The van der Waals surface area contributed by atoms with E-state index in [9.17, 15) is 0 Å². The molecule has 0 aliphatic carbocycles. The average Bonchev–Trinajstić information content (AvgIpc) is 2.91. The second-order valence-corrected chi connectivity index (χ2v) is 8.70. The first kappa shape index (κ1) is 22.8. The number of nitrogens with zero attached hydrogens (tertiary/aromatic N) is 2. The monoisotopic (exact) mass is 463 g/mol. The number of fused-ring (bicyclic) bond motifs is 1. The van der Waals surface area contributed by atoms with Gasteiger partial charge in [-0.3, -0.25) is 0 Å². The molecule has 4 aromatic rings. The van der Waals surface area contributed by atoms with Crippen LogP contribution in [-0.2, 0) is 13.0 Å². The Hall–Kier alpha value is -3.96. The highest BCUT2D eigenvalue weighted by molar-refractivity contribution is 5.65. The van der Waals surface area contributed by atoms with Crippen molar-refractivity contribution in [2.75, 3.05) is 13.7 Å². The van der Waals surface area contributed by atoms with Gasteiger partial charge < -0.3 is 14.8 Å². The number of methoxy groups -OCH3 is 1. The quantitative estimate of drug-likeness (QED) is 0.368. The van der Waals surface area contributed by atoms with Crippen molar-refractivity contribution in [2.24, 2.45) is 0 Å². The van der Waals surface area contributed by atoms with E-state index in [0.29, 0.717) is 6.61 Å². The van der Waals surface area contributed by atoms with Gasteiger partial charge >= 0.3 is 0 Å². The topological polar surface area (TPSA) is 56.3 Å². The first-order valence-electron chi connectivity index (χ1n) is 11.9. The maximum Gasteiger partial charge on any atom is 0.161 e. The molecule has 35 heavy (non-hydrogen) atoms. The van der Waals surface area contributed by atoms with Gasteiger partial charge in [0.1, 0.15) is 6.61 Å². The van der Waals surface area contributed by atoms with E-state index in [2.05, 4.69) is 77.1 Å². The average molecular weight is 464 g/mol. The lowest BCUT2D eigenvalue weighted by Crippen LogP contribution is -2.28. The summed E-state index contributed by atoms with van der Waals surface area (Å²) in [6.07, 6.45) is 7.06. The highest BCUT2D eigenvalue weighted by Crippen LogP contribution is 2.36. The molecule has 5 nitrogen and oxygen atoms in total. The van der Waals surface area contributed by atoms with Gasteiger partial charge in [-0.15, -0.1) is 0 Å². The predicted octanol–water partition coefficient (Wildman–Crippen LogP) is 5.94. The normalized spacial score (nSPS) is 15.1. The third-order valence-electron chi connectivity index (χ3n) is 6.36. The van der Waals surface area contributed by atoms with E-state index in [1.54, 1.807) is 13.3 Å². The Morgan fingerprint density at radius 1 is 1.00 bits per heavy atom. The number of nitrogens with one attached hydrogen (secondary N) is 1. The number of aryl methyl sites for hydroxylation is 1. The van der Waals surface area contributed by atoms with Crippen molar-refractivity contribution in [1.82, 2.24) is 15.5 Å². The zero-order chi connectivity index (χ0) is 24.0. The number of benzene rings is 3. The first-order valence-corrected chi connectivity index (χ1v) is 11.9. The number of hydrogen-bond donors (Lipinski definition) is 1. The van der Waals surface area contributed by atoms with Gasteiger partial charge in [0.25, 0.3) is 0 Å². The molecule has 0 amide bonds. The number of rotatable bonds is 7. The van der Waals surface area contributed by atoms with Gasteiger partial charge in [0.05, 0.1) is 18.8 Å². The molecule has 0 bridgehead atoms. The first-order chi connectivity index (χ1) is 17.2. The molecule has 1 aliphatic heterocycles. The molecule has 2 heterocycles. The molecular formula is C30H29N3O2. The molecule has 0 saturated heterocycles. The molecule has 176 valence electrons. The third kappa shape index (κ3) is 5.26. The zero-order valence-electron chi connectivity index (χ0n) is 20.1. The minimum atomic E-state index is 0.106. The van der Waals surface area contributed by atoms with E-state index in [-0.39, 0.29) is 6.04 Å². The standard InChI is InChI=1S/C30H29N3O2/c1-21-17-25(27-9-6-15-32-33-27)11-10-23(21)12-13-28-26-19-29(34-2)30(18-24(26)14-16-31-28)35-20-22-7-4-3-5-8-22/h3-13,15,17-19,28,31H,14,16,20H2,1-2H3/b13-12+.